The van der Waals surface area contributed by atoms with Gasteiger partial charge in [0.05, 0.1) is 6.20 Å². The Hall–Kier alpha value is -2.42. The van der Waals surface area contributed by atoms with Gasteiger partial charge in [-0.2, -0.15) is 8.42 Å². The number of carbonyl (C=O) groups excluding carboxylic acids is 1. The van der Waals surface area contributed by atoms with E-state index < -0.39 is 16.1 Å². The molecule has 8 nitrogen and oxygen atoms in total. The van der Waals surface area contributed by atoms with Crippen LogP contribution in [0.25, 0.3) is 0 Å². The number of phenolic OH excluding ortho intramolecular Hbond substituents is 1. The zero-order valence-corrected chi connectivity index (χ0v) is 12.0. The van der Waals surface area contributed by atoms with Crippen LogP contribution in [0.3, 0.4) is 0 Å². The van der Waals surface area contributed by atoms with Crippen LogP contribution in [-0.4, -0.2) is 31.1 Å². The standard InChI is InChI=1S/C12H15N3O5S/c1-8(16)13-5-4-9-2-3-10(11(17)6-9)15-7-12(18)14-21(15,19)20/h2-3,6-7,14,17-18H,4-5H2,1H3,(H,13,16). The molecule has 0 spiro atoms. The first-order valence-corrected chi connectivity index (χ1v) is 7.53. The monoisotopic (exact) mass is 313 g/mol. The third-order valence-electron chi connectivity index (χ3n) is 2.80. The number of benzene rings is 1. The number of phenols is 1. The number of hydrogen-bond donors (Lipinski definition) is 4. The quantitative estimate of drug-likeness (QED) is 0.628. The molecule has 0 aromatic heterocycles. The maximum atomic E-state index is 11.7. The third kappa shape index (κ3) is 3.37. The zero-order chi connectivity index (χ0) is 15.6. The van der Waals surface area contributed by atoms with Crippen molar-refractivity contribution in [1.82, 2.24) is 10.0 Å². The molecule has 0 fully saturated rings. The lowest BCUT2D eigenvalue weighted by atomic mass is 10.1. The molecule has 0 saturated carbocycles. The molecular weight excluding hydrogens is 298 g/mol. The van der Waals surface area contributed by atoms with Crippen LogP contribution in [0, 0.1) is 0 Å². The summed E-state index contributed by atoms with van der Waals surface area (Å²) < 4.78 is 26.0. The molecule has 1 aromatic rings. The molecule has 0 bridgehead atoms. The Balaban J connectivity index is 2.18. The fraction of sp³-hybridized carbons (Fsp3) is 0.250. The van der Waals surface area contributed by atoms with Crippen molar-refractivity contribution in [2.75, 3.05) is 10.8 Å². The van der Waals surface area contributed by atoms with Gasteiger partial charge in [-0.05, 0) is 24.1 Å². The molecule has 0 radical (unpaired) electrons. The predicted molar refractivity (Wildman–Crippen MR) is 75.7 cm³/mol. The number of carbonyl (C=O) groups is 1. The van der Waals surface area contributed by atoms with Crippen LogP contribution in [0.4, 0.5) is 5.69 Å². The fourth-order valence-electron chi connectivity index (χ4n) is 1.88. The second-order valence-electron chi connectivity index (χ2n) is 4.47. The molecule has 9 heteroatoms. The van der Waals surface area contributed by atoms with Crippen molar-refractivity contribution in [2.45, 2.75) is 13.3 Å². The molecule has 0 unspecified atom stereocenters. The van der Waals surface area contributed by atoms with Crippen molar-refractivity contribution in [2.24, 2.45) is 0 Å². The first-order chi connectivity index (χ1) is 9.79. The van der Waals surface area contributed by atoms with Gasteiger partial charge < -0.3 is 15.5 Å². The van der Waals surface area contributed by atoms with E-state index in [1.54, 1.807) is 6.07 Å². The smallest absolute Gasteiger partial charge is 0.330 e. The first kappa shape index (κ1) is 15.0. The second kappa shape index (κ2) is 5.52. The number of hydrogen-bond acceptors (Lipinski definition) is 5. The lowest BCUT2D eigenvalue weighted by Crippen LogP contribution is -2.29. The number of rotatable bonds is 4. The molecule has 1 amide bonds. The first-order valence-electron chi connectivity index (χ1n) is 6.09. The minimum atomic E-state index is -3.93. The van der Waals surface area contributed by atoms with Crippen LogP contribution in [0.15, 0.2) is 30.3 Å². The van der Waals surface area contributed by atoms with Crippen LogP contribution in [-0.2, 0) is 21.4 Å². The molecule has 1 aliphatic heterocycles. The van der Waals surface area contributed by atoms with Crippen LogP contribution in [0.2, 0.25) is 0 Å². The molecule has 1 aliphatic rings. The fourth-order valence-corrected chi connectivity index (χ4v) is 2.95. The molecule has 21 heavy (non-hydrogen) atoms. The number of anilines is 1. The summed E-state index contributed by atoms with van der Waals surface area (Å²) in [5.74, 6) is -0.915. The maximum absolute atomic E-state index is 11.7. The van der Waals surface area contributed by atoms with Crippen LogP contribution in [0.5, 0.6) is 5.75 Å². The van der Waals surface area contributed by atoms with Gasteiger partial charge >= 0.3 is 10.2 Å². The number of nitrogens with zero attached hydrogens (tertiary/aromatic N) is 1. The van der Waals surface area contributed by atoms with E-state index in [0.717, 1.165) is 16.1 Å². The van der Waals surface area contributed by atoms with E-state index in [4.69, 9.17) is 0 Å². The Labute approximate surface area is 121 Å². The summed E-state index contributed by atoms with van der Waals surface area (Å²) in [6.07, 6.45) is 1.46. The van der Waals surface area contributed by atoms with E-state index in [9.17, 15) is 23.4 Å². The van der Waals surface area contributed by atoms with E-state index in [1.165, 1.54) is 19.1 Å². The van der Waals surface area contributed by atoms with Crippen molar-refractivity contribution in [1.29, 1.82) is 0 Å². The summed E-state index contributed by atoms with van der Waals surface area (Å²) in [5, 5.41) is 21.8. The van der Waals surface area contributed by atoms with Gasteiger partial charge in [-0.15, -0.1) is 0 Å². The Morgan fingerprint density at radius 2 is 2.10 bits per heavy atom. The van der Waals surface area contributed by atoms with Crippen molar-refractivity contribution in [3.05, 3.63) is 35.8 Å². The number of aliphatic hydroxyl groups is 1. The second-order valence-corrected chi connectivity index (χ2v) is 6.02. The minimum absolute atomic E-state index is 0.0230. The van der Waals surface area contributed by atoms with Gasteiger partial charge in [0.25, 0.3) is 0 Å². The van der Waals surface area contributed by atoms with Crippen LogP contribution < -0.4 is 14.3 Å². The highest BCUT2D eigenvalue weighted by Gasteiger charge is 2.30. The van der Waals surface area contributed by atoms with E-state index in [1.807, 2.05) is 4.72 Å². The highest BCUT2D eigenvalue weighted by atomic mass is 32.2. The van der Waals surface area contributed by atoms with Gasteiger partial charge in [0.1, 0.15) is 11.4 Å². The van der Waals surface area contributed by atoms with E-state index in [-0.39, 0.29) is 17.3 Å². The molecule has 0 atom stereocenters. The average Bonchev–Trinajstić information content (AvgIpc) is 2.62. The van der Waals surface area contributed by atoms with Crippen LogP contribution in [0.1, 0.15) is 12.5 Å². The van der Waals surface area contributed by atoms with Gasteiger partial charge in [-0.3, -0.25) is 4.79 Å². The predicted octanol–water partition coefficient (Wildman–Crippen LogP) is 0.0821. The van der Waals surface area contributed by atoms with Crippen LogP contribution >= 0.6 is 0 Å². The molecule has 1 aromatic carbocycles. The topological polar surface area (TPSA) is 119 Å². The summed E-state index contributed by atoms with van der Waals surface area (Å²) in [4.78, 5) is 10.8. The lowest BCUT2D eigenvalue weighted by Gasteiger charge is -2.16. The molecule has 114 valence electrons. The summed E-state index contributed by atoms with van der Waals surface area (Å²) in [7, 11) is -3.93. The molecule has 0 saturated heterocycles. The molecule has 4 N–H and O–H groups in total. The number of amides is 1. The normalized spacial score (nSPS) is 16.2. The molecule has 0 aliphatic carbocycles. The van der Waals surface area contributed by atoms with Crippen molar-refractivity contribution >= 4 is 21.8 Å². The molecular formula is C12H15N3O5S. The Morgan fingerprint density at radius 1 is 1.38 bits per heavy atom. The van der Waals surface area contributed by atoms with Crippen molar-refractivity contribution in [3.63, 3.8) is 0 Å². The van der Waals surface area contributed by atoms with Gasteiger partial charge in [-0.1, -0.05) is 6.07 Å². The summed E-state index contributed by atoms with van der Waals surface area (Å²) in [6, 6.07) is 4.47. The van der Waals surface area contributed by atoms with Crippen molar-refractivity contribution < 1.29 is 23.4 Å². The molecule has 1 heterocycles. The SMILES string of the molecule is CC(=O)NCCc1ccc(N2C=C(O)NS2(=O)=O)c(O)c1. The van der Waals surface area contributed by atoms with E-state index >= 15 is 0 Å². The average molecular weight is 313 g/mol. The van der Waals surface area contributed by atoms with E-state index in [0.29, 0.717) is 13.0 Å². The lowest BCUT2D eigenvalue weighted by molar-refractivity contribution is -0.118. The summed E-state index contributed by atoms with van der Waals surface area (Å²) in [6.45, 7) is 1.82. The Bertz CT molecular complexity index is 699. The van der Waals surface area contributed by atoms with Crippen molar-refractivity contribution in [3.8, 4) is 5.75 Å². The van der Waals surface area contributed by atoms with E-state index in [2.05, 4.69) is 5.32 Å². The Kier molecular flexibility index (Phi) is 3.94. The third-order valence-corrected chi connectivity index (χ3v) is 4.08. The number of aliphatic hydroxyl groups excluding tert-OH is 1. The van der Waals surface area contributed by atoms with Gasteiger partial charge in [0, 0.05) is 13.5 Å². The number of aromatic hydroxyl groups is 1. The zero-order valence-electron chi connectivity index (χ0n) is 11.2. The summed E-state index contributed by atoms with van der Waals surface area (Å²) in [5.41, 5.74) is 0.762. The van der Waals surface area contributed by atoms with Gasteiger partial charge in [0.2, 0.25) is 11.8 Å². The molecule has 2 rings (SSSR count). The minimum Gasteiger partial charge on any atom is -0.506 e. The number of nitrogens with one attached hydrogen (secondary N) is 2. The highest BCUT2D eigenvalue weighted by molar-refractivity contribution is 7.91. The highest BCUT2D eigenvalue weighted by Crippen LogP contribution is 2.32. The maximum Gasteiger partial charge on any atom is 0.330 e. The Morgan fingerprint density at radius 3 is 2.62 bits per heavy atom. The largest absolute Gasteiger partial charge is 0.506 e. The van der Waals surface area contributed by atoms with Gasteiger partial charge in [-0.25, -0.2) is 9.03 Å². The van der Waals surface area contributed by atoms with Gasteiger partial charge in [0.15, 0.2) is 0 Å². The summed E-state index contributed by atoms with van der Waals surface area (Å²) >= 11 is 0.